The second-order valence-corrected chi connectivity index (χ2v) is 6.13. The van der Waals surface area contributed by atoms with Crippen molar-refractivity contribution in [3.8, 4) is 5.75 Å². The minimum atomic E-state index is -4.70. The van der Waals surface area contributed by atoms with Gasteiger partial charge in [0.25, 0.3) is 0 Å². The Kier molecular flexibility index (Phi) is 6.73. The summed E-state index contributed by atoms with van der Waals surface area (Å²) in [6, 6.07) is 10.7. The largest absolute Gasteiger partial charge is 0.573 e. The van der Waals surface area contributed by atoms with Crippen molar-refractivity contribution in [3.05, 3.63) is 62.5 Å². The fourth-order valence-electron chi connectivity index (χ4n) is 1.82. The predicted octanol–water partition coefficient (Wildman–Crippen LogP) is 5.58. The van der Waals surface area contributed by atoms with Crippen molar-refractivity contribution in [2.45, 2.75) is 12.4 Å². The Bertz CT molecular complexity index is 615. The van der Waals surface area contributed by atoms with Gasteiger partial charge in [-0.3, -0.25) is 0 Å². The van der Waals surface area contributed by atoms with Gasteiger partial charge in [-0.1, -0.05) is 44.0 Å². The van der Waals surface area contributed by atoms with Gasteiger partial charge in [0.15, 0.2) is 0 Å². The molecule has 0 saturated carbocycles. The van der Waals surface area contributed by atoms with Crippen LogP contribution in [0.15, 0.2) is 51.4 Å². The molecule has 8 heteroatoms. The monoisotopic (exact) mass is 459 g/mol. The van der Waals surface area contributed by atoms with Crippen LogP contribution in [-0.2, 0) is 0 Å². The molecule has 2 N–H and O–H groups in total. The van der Waals surface area contributed by atoms with Crippen molar-refractivity contribution in [2.75, 3.05) is 0 Å². The molecule has 0 aliphatic rings. The van der Waals surface area contributed by atoms with E-state index in [1.54, 1.807) is 0 Å². The van der Waals surface area contributed by atoms with Crippen LogP contribution in [0.4, 0.5) is 13.2 Å². The molecular weight excluding hydrogens is 450 g/mol. The lowest BCUT2D eigenvalue weighted by Crippen LogP contribution is -2.17. The number of rotatable bonds is 3. The highest BCUT2D eigenvalue weighted by atomic mass is 79.9. The van der Waals surface area contributed by atoms with Crippen molar-refractivity contribution >= 4 is 44.3 Å². The maximum Gasteiger partial charge on any atom is 0.573 e. The zero-order valence-electron chi connectivity index (χ0n) is 10.9. The summed E-state index contributed by atoms with van der Waals surface area (Å²) < 4.78 is 41.8. The first-order valence-corrected chi connectivity index (χ1v) is 7.40. The molecule has 2 rings (SSSR count). The standard InChI is InChI=1S/C14H10Br2F3NO.ClH/c15-10-5-9(6-11(16)7-10)13(20)8-1-3-12(4-2-8)21-14(17,18)19;/h1-7,13H,20H2;1H/t13-;/m1./s1. The Morgan fingerprint density at radius 3 is 1.86 bits per heavy atom. The van der Waals surface area contributed by atoms with Crippen LogP contribution in [0.1, 0.15) is 17.2 Å². The molecule has 0 aromatic heterocycles. The quantitative estimate of drug-likeness (QED) is 0.648. The molecule has 0 radical (unpaired) electrons. The molecule has 120 valence electrons. The van der Waals surface area contributed by atoms with Gasteiger partial charge in [0.1, 0.15) is 5.75 Å². The zero-order valence-corrected chi connectivity index (χ0v) is 14.9. The molecule has 2 nitrogen and oxygen atoms in total. The number of ether oxygens (including phenoxy) is 1. The number of nitrogens with two attached hydrogens (primary N) is 1. The number of hydrogen-bond donors (Lipinski definition) is 1. The summed E-state index contributed by atoms with van der Waals surface area (Å²) in [5.74, 6) is -0.270. The van der Waals surface area contributed by atoms with Crippen molar-refractivity contribution < 1.29 is 17.9 Å². The van der Waals surface area contributed by atoms with Gasteiger partial charge in [0, 0.05) is 8.95 Å². The summed E-state index contributed by atoms with van der Waals surface area (Å²) in [7, 11) is 0. The normalized spacial score (nSPS) is 12.5. The van der Waals surface area contributed by atoms with Crippen molar-refractivity contribution in [1.82, 2.24) is 0 Å². The summed E-state index contributed by atoms with van der Waals surface area (Å²) in [6.45, 7) is 0. The average Bonchev–Trinajstić information content (AvgIpc) is 2.35. The lowest BCUT2D eigenvalue weighted by Gasteiger charge is -2.15. The van der Waals surface area contributed by atoms with Crippen LogP contribution in [0.5, 0.6) is 5.75 Å². The Balaban J connectivity index is 0.00000242. The van der Waals surface area contributed by atoms with E-state index < -0.39 is 12.4 Å². The summed E-state index contributed by atoms with van der Waals surface area (Å²) >= 11 is 6.74. The van der Waals surface area contributed by atoms with E-state index in [9.17, 15) is 13.2 Å². The molecular formula is C14H11Br2ClF3NO. The molecule has 0 amide bonds. The third kappa shape index (κ3) is 5.46. The van der Waals surface area contributed by atoms with Gasteiger partial charge in [-0.25, -0.2) is 0 Å². The van der Waals surface area contributed by atoms with Crippen molar-refractivity contribution in [2.24, 2.45) is 5.73 Å². The van der Waals surface area contributed by atoms with E-state index in [2.05, 4.69) is 36.6 Å². The molecule has 1 atom stereocenters. The van der Waals surface area contributed by atoms with Crippen LogP contribution in [0.2, 0.25) is 0 Å². The molecule has 0 unspecified atom stereocenters. The van der Waals surface area contributed by atoms with E-state index in [-0.39, 0.29) is 18.2 Å². The van der Waals surface area contributed by atoms with Gasteiger partial charge in [-0.05, 0) is 41.5 Å². The van der Waals surface area contributed by atoms with Gasteiger partial charge >= 0.3 is 6.36 Å². The molecule has 0 fully saturated rings. The molecule has 22 heavy (non-hydrogen) atoms. The lowest BCUT2D eigenvalue weighted by atomic mass is 10.00. The Labute approximate surface area is 148 Å². The van der Waals surface area contributed by atoms with Crippen LogP contribution < -0.4 is 10.5 Å². The fourth-order valence-corrected chi connectivity index (χ4v) is 3.15. The minimum absolute atomic E-state index is 0. The molecule has 0 spiro atoms. The smallest absolute Gasteiger partial charge is 0.406 e. The summed E-state index contributed by atoms with van der Waals surface area (Å²) in [5.41, 5.74) is 7.65. The van der Waals surface area contributed by atoms with E-state index >= 15 is 0 Å². The van der Waals surface area contributed by atoms with Gasteiger partial charge in [0.2, 0.25) is 0 Å². The van der Waals surface area contributed by atoms with E-state index in [1.165, 1.54) is 24.3 Å². The predicted molar refractivity (Wildman–Crippen MR) is 88.2 cm³/mol. The van der Waals surface area contributed by atoms with Crippen LogP contribution in [0.25, 0.3) is 0 Å². The van der Waals surface area contributed by atoms with E-state index in [1.807, 2.05) is 18.2 Å². The number of halogens is 6. The van der Waals surface area contributed by atoms with Crippen LogP contribution >= 0.6 is 44.3 Å². The second kappa shape index (κ2) is 7.68. The van der Waals surface area contributed by atoms with Gasteiger partial charge in [-0.2, -0.15) is 0 Å². The third-order valence-electron chi connectivity index (χ3n) is 2.72. The van der Waals surface area contributed by atoms with Crippen molar-refractivity contribution in [3.63, 3.8) is 0 Å². The maximum atomic E-state index is 12.1. The summed E-state index contributed by atoms with van der Waals surface area (Å²) in [5, 5.41) is 0. The lowest BCUT2D eigenvalue weighted by molar-refractivity contribution is -0.274. The third-order valence-corrected chi connectivity index (χ3v) is 3.63. The number of alkyl halides is 3. The molecule has 0 saturated heterocycles. The first-order valence-electron chi connectivity index (χ1n) is 5.82. The van der Waals surface area contributed by atoms with E-state index in [0.29, 0.717) is 5.56 Å². The van der Waals surface area contributed by atoms with Crippen LogP contribution in [-0.4, -0.2) is 6.36 Å². The highest BCUT2D eigenvalue weighted by Crippen LogP contribution is 2.29. The van der Waals surface area contributed by atoms with E-state index in [0.717, 1.165) is 14.5 Å². The highest BCUT2D eigenvalue weighted by Gasteiger charge is 2.31. The fraction of sp³-hybridized carbons (Fsp3) is 0.143. The zero-order chi connectivity index (χ0) is 15.6. The molecule has 2 aromatic rings. The number of benzene rings is 2. The van der Waals surface area contributed by atoms with Crippen molar-refractivity contribution in [1.29, 1.82) is 0 Å². The summed E-state index contributed by atoms with van der Waals surface area (Å²) in [6.07, 6.45) is -4.70. The molecule has 0 heterocycles. The summed E-state index contributed by atoms with van der Waals surface area (Å²) in [4.78, 5) is 0. The molecule has 2 aromatic carbocycles. The maximum absolute atomic E-state index is 12.1. The first-order chi connectivity index (χ1) is 9.74. The molecule has 0 aliphatic heterocycles. The number of hydrogen-bond acceptors (Lipinski definition) is 2. The van der Waals surface area contributed by atoms with Gasteiger partial charge in [0.05, 0.1) is 6.04 Å². The van der Waals surface area contributed by atoms with Crippen LogP contribution in [0.3, 0.4) is 0 Å². The minimum Gasteiger partial charge on any atom is -0.406 e. The Morgan fingerprint density at radius 2 is 1.41 bits per heavy atom. The molecule has 0 bridgehead atoms. The SMILES string of the molecule is Cl.N[C@H](c1ccc(OC(F)(F)F)cc1)c1cc(Br)cc(Br)c1. The Hall–Kier alpha value is -0.760. The van der Waals surface area contributed by atoms with Gasteiger partial charge in [-0.15, -0.1) is 25.6 Å². The highest BCUT2D eigenvalue weighted by molar-refractivity contribution is 9.11. The molecule has 0 aliphatic carbocycles. The average molecular weight is 462 g/mol. The van der Waals surface area contributed by atoms with Gasteiger partial charge < -0.3 is 10.5 Å². The Morgan fingerprint density at radius 1 is 0.909 bits per heavy atom. The topological polar surface area (TPSA) is 35.2 Å². The van der Waals surface area contributed by atoms with Crippen LogP contribution in [0, 0.1) is 0 Å². The van der Waals surface area contributed by atoms with E-state index in [4.69, 9.17) is 5.73 Å². The second-order valence-electron chi connectivity index (χ2n) is 4.30. The first kappa shape index (κ1) is 19.3.